The summed E-state index contributed by atoms with van der Waals surface area (Å²) in [5.41, 5.74) is 3.80. The molecule has 0 amide bonds. The van der Waals surface area contributed by atoms with Crippen LogP contribution in [0.15, 0.2) is 60.7 Å². The molecule has 182 valence electrons. The van der Waals surface area contributed by atoms with Crippen molar-refractivity contribution in [2.45, 2.75) is 51.5 Å². The molecule has 1 atom stereocenters. The van der Waals surface area contributed by atoms with Crippen LogP contribution in [0.25, 0.3) is 12.2 Å². The average Bonchev–Trinajstić information content (AvgIpc) is 3.14. The monoisotopic (exact) mass is 487 g/mol. The predicted octanol–water partition coefficient (Wildman–Crippen LogP) is 4.27. The standard InChI is InChI=1S/C20H21NO2S.C10H12O/c1-2-24(22,23)21-19-13-15-8-4-5-9-16(15)18-12-11-14-7-3-6-10-17(14)20(18)19;1-2-7-10-9(5-1)6-3-4-8-11-10/h4-5,7-9,11-13,19,21H,2-3,6,10H2,1H3;1-2,5,7H,3-4,6,8H2. The SMILES string of the molecule is CCS(=O)(=O)NC1C=c2ccccc2=c2ccc3c(c21)CCCC=3.c1ccc2c(c1)CCCCO2. The largest absolute Gasteiger partial charge is 0.493 e. The van der Waals surface area contributed by atoms with Gasteiger partial charge in [0.15, 0.2) is 0 Å². The summed E-state index contributed by atoms with van der Waals surface area (Å²) in [6, 6.07) is 20.6. The third-order valence-corrected chi connectivity index (χ3v) is 8.43. The van der Waals surface area contributed by atoms with Gasteiger partial charge in [-0.05, 0) is 89.1 Å². The Bertz CT molecular complexity index is 1520. The Hall–Kier alpha value is -2.89. The summed E-state index contributed by atoms with van der Waals surface area (Å²) in [5.74, 6) is 1.18. The maximum Gasteiger partial charge on any atom is 0.212 e. The second-order valence-corrected chi connectivity index (χ2v) is 11.4. The molecule has 5 heteroatoms. The van der Waals surface area contributed by atoms with Gasteiger partial charge in [0.2, 0.25) is 10.0 Å². The zero-order valence-electron chi connectivity index (χ0n) is 20.3. The van der Waals surface area contributed by atoms with Gasteiger partial charge in [-0.3, -0.25) is 0 Å². The molecule has 2 aliphatic carbocycles. The van der Waals surface area contributed by atoms with E-state index in [9.17, 15) is 8.42 Å². The van der Waals surface area contributed by atoms with Crippen molar-refractivity contribution < 1.29 is 13.2 Å². The van der Waals surface area contributed by atoms with Crippen molar-refractivity contribution in [2.75, 3.05) is 12.4 Å². The molecular formula is C30H33NO3S. The Labute approximate surface area is 207 Å². The van der Waals surface area contributed by atoms with E-state index in [0.29, 0.717) is 0 Å². The van der Waals surface area contributed by atoms with E-state index in [1.807, 2.05) is 18.2 Å². The number of hydrogen-bond acceptors (Lipinski definition) is 3. The first-order valence-corrected chi connectivity index (χ1v) is 14.3. The molecule has 1 N–H and O–H groups in total. The number of nitrogens with one attached hydrogen (secondary N) is 1. The molecular weight excluding hydrogens is 454 g/mol. The van der Waals surface area contributed by atoms with Crippen LogP contribution in [-0.4, -0.2) is 20.8 Å². The van der Waals surface area contributed by atoms with Gasteiger partial charge in [-0.2, -0.15) is 0 Å². The van der Waals surface area contributed by atoms with Gasteiger partial charge < -0.3 is 4.74 Å². The van der Waals surface area contributed by atoms with E-state index >= 15 is 0 Å². The predicted molar refractivity (Wildman–Crippen MR) is 142 cm³/mol. The lowest BCUT2D eigenvalue weighted by Crippen LogP contribution is -2.34. The van der Waals surface area contributed by atoms with Crippen LogP contribution < -0.4 is 19.9 Å². The molecule has 1 heterocycles. The third-order valence-electron chi connectivity index (χ3n) is 7.05. The molecule has 4 nitrogen and oxygen atoms in total. The molecule has 1 unspecified atom stereocenters. The van der Waals surface area contributed by atoms with E-state index in [0.717, 1.165) is 47.6 Å². The number of hydrogen-bond donors (Lipinski definition) is 1. The van der Waals surface area contributed by atoms with Crippen LogP contribution in [0.5, 0.6) is 5.75 Å². The summed E-state index contributed by atoms with van der Waals surface area (Å²) in [6.45, 7) is 2.56. The Kier molecular flexibility index (Phi) is 7.07. The van der Waals surface area contributed by atoms with E-state index < -0.39 is 10.0 Å². The second kappa shape index (κ2) is 10.4. The Morgan fingerprint density at radius 2 is 1.71 bits per heavy atom. The molecule has 0 fully saturated rings. The number of sulfonamides is 1. The van der Waals surface area contributed by atoms with Crippen molar-refractivity contribution in [2.24, 2.45) is 0 Å². The van der Waals surface area contributed by atoms with Crippen molar-refractivity contribution in [1.29, 1.82) is 0 Å². The lowest BCUT2D eigenvalue weighted by molar-refractivity contribution is 0.317. The quantitative estimate of drug-likeness (QED) is 0.601. The summed E-state index contributed by atoms with van der Waals surface area (Å²) in [4.78, 5) is 0. The number of benzene rings is 3. The maximum absolute atomic E-state index is 12.2. The first-order valence-electron chi connectivity index (χ1n) is 12.7. The highest BCUT2D eigenvalue weighted by molar-refractivity contribution is 7.89. The topological polar surface area (TPSA) is 55.4 Å². The van der Waals surface area contributed by atoms with Crippen molar-refractivity contribution in [3.63, 3.8) is 0 Å². The van der Waals surface area contributed by atoms with Crippen LogP contribution in [0.2, 0.25) is 0 Å². The van der Waals surface area contributed by atoms with Crippen molar-refractivity contribution in [3.8, 4) is 5.75 Å². The molecule has 35 heavy (non-hydrogen) atoms. The molecule has 6 rings (SSSR count). The Balaban J connectivity index is 0.000000192. The van der Waals surface area contributed by atoms with Crippen LogP contribution in [0, 0.1) is 10.4 Å². The fourth-order valence-corrected chi connectivity index (χ4v) is 5.99. The Morgan fingerprint density at radius 1 is 0.886 bits per heavy atom. The van der Waals surface area contributed by atoms with E-state index in [4.69, 9.17) is 4.74 Å². The van der Waals surface area contributed by atoms with Gasteiger partial charge in [0.05, 0.1) is 18.4 Å². The lowest BCUT2D eigenvalue weighted by Gasteiger charge is -2.24. The number of aryl methyl sites for hydroxylation is 1. The summed E-state index contributed by atoms with van der Waals surface area (Å²) >= 11 is 0. The van der Waals surface area contributed by atoms with E-state index in [1.54, 1.807) is 6.92 Å². The second-order valence-electron chi connectivity index (χ2n) is 9.36. The smallest absolute Gasteiger partial charge is 0.212 e. The fourth-order valence-electron chi connectivity index (χ4n) is 5.25. The molecule has 0 bridgehead atoms. The van der Waals surface area contributed by atoms with Gasteiger partial charge in [-0.25, -0.2) is 13.1 Å². The molecule has 0 saturated carbocycles. The molecule has 0 radical (unpaired) electrons. The van der Waals surface area contributed by atoms with Gasteiger partial charge in [0.25, 0.3) is 0 Å². The molecule has 0 spiro atoms. The molecule has 3 aliphatic rings. The lowest BCUT2D eigenvalue weighted by atomic mass is 9.87. The minimum Gasteiger partial charge on any atom is -0.493 e. The minimum absolute atomic E-state index is 0.0927. The van der Waals surface area contributed by atoms with Gasteiger partial charge in [0, 0.05) is 0 Å². The van der Waals surface area contributed by atoms with Crippen molar-refractivity contribution in [1.82, 2.24) is 4.72 Å². The van der Waals surface area contributed by atoms with Crippen LogP contribution in [-0.2, 0) is 22.9 Å². The van der Waals surface area contributed by atoms with Gasteiger partial charge in [-0.1, -0.05) is 66.7 Å². The van der Waals surface area contributed by atoms with Crippen LogP contribution >= 0.6 is 0 Å². The average molecular weight is 488 g/mol. The number of para-hydroxylation sites is 1. The van der Waals surface area contributed by atoms with Crippen LogP contribution in [0.3, 0.4) is 0 Å². The summed E-state index contributed by atoms with van der Waals surface area (Å²) in [6.07, 6.45) is 11.2. The van der Waals surface area contributed by atoms with E-state index in [-0.39, 0.29) is 11.8 Å². The van der Waals surface area contributed by atoms with Crippen molar-refractivity contribution in [3.05, 3.63) is 98.2 Å². The van der Waals surface area contributed by atoms with E-state index in [1.165, 1.54) is 40.8 Å². The van der Waals surface area contributed by atoms with Gasteiger partial charge >= 0.3 is 0 Å². The maximum atomic E-state index is 12.2. The van der Waals surface area contributed by atoms with Gasteiger partial charge in [-0.15, -0.1) is 0 Å². The zero-order chi connectivity index (χ0) is 24.3. The van der Waals surface area contributed by atoms with Gasteiger partial charge in [0.1, 0.15) is 5.75 Å². The highest BCUT2D eigenvalue weighted by Crippen LogP contribution is 2.26. The summed E-state index contributed by atoms with van der Waals surface area (Å²) in [5, 5.41) is 4.70. The molecule has 1 aliphatic heterocycles. The number of fused-ring (bicyclic) bond motifs is 5. The van der Waals surface area contributed by atoms with Crippen LogP contribution in [0.4, 0.5) is 0 Å². The first kappa shape index (κ1) is 23.8. The third kappa shape index (κ3) is 5.21. The van der Waals surface area contributed by atoms with Crippen molar-refractivity contribution >= 4 is 22.2 Å². The highest BCUT2D eigenvalue weighted by Gasteiger charge is 2.23. The number of rotatable bonds is 3. The molecule has 0 aromatic heterocycles. The van der Waals surface area contributed by atoms with E-state index in [2.05, 4.69) is 59.3 Å². The summed E-state index contributed by atoms with van der Waals surface area (Å²) < 4.78 is 32.9. The fraction of sp³-hybridized carbons (Fsp3) is 0.333. The highest BCUT2D eigenvalue weighted by atomic mass is 32.2. The molecule has 0 saturated heterocycles. The van der Waals surface area contributed by atoms with Crippen LogP contribution in [0.1, 0.15) is 55.3 Å². The first-order chi connectivity index (χ1) is 17.1. The molecule has 3 aromatic carbocycles. The minimum atomic E-state index is -3.28. The number of ether oxygens (including phenoxy) is 1. The normalized spacial score (nSPS) is 17.9. The zero-order valence-corrected chi connectivity index (χ0v) is 21.1. The Morgan fingerprint density at radius 3 is 2.60 bits per heavy atom. The molecule has 3 aromatic rings. The summed E-state index contributed by atoms with van der Waals surface area (Å²) in [7, 11) is -3.28.